The molecule has 0 bridgehead atoms. The first-order chi connectivity index (χ1) is 5.34. The van der Waals surface area contributed by atoms with Crippen molar-refractivity contribution in [1.82, 2.24) is 0 Å². The van der Waals surface area contributed by atoms with Gasteiger partial charge in [0.05, 0.1) is 4.47 Å². The Bertz CT molecular complexity index is 225. The Morgan fingerprint density at radius 1 is 1.64 bits per heavy atom. The van der Waals surface area contributed by atoms with Gasteiger partial charge in [0.1, 0.15) is 5.75 Å². The van der Waals surface area contributed by atoms with Crippen LogP contribution in [0.15, 0.2) is 22.7 Å². The molecule has 0 fully saturated rings. The molecule has 11 heavy (non-hydrogen) atoms. The molecule has 0 aliphatic rings. The molecule has 0 N–H and O–H groups in total. The molecule has 0 aliphatic heterocycles. The second-order valence-corrected chi connectivity index (χ2v) is 2.76. The Morgan fingerprint density at radius 2 is 2.45 bits per heavy atom. The Balaban J connectivity index is 2.62. The standard InChI is InChI=1S/C8H8BrO2/c1-10-6-11-8-5-3-2-4-7(8)9/h2,4-5H,6H2,1H3. The maximum atomic E-state index is 5.19. The van der Waals surface area contributed by atoms with Gasteiger partial charge in [-0.3, -0.25) is 0 Å². The molecular formula is C8H8BrO2. The summed E-state index contributed by atoms with van der Waals surface area (Å²) in [5.41, 5.74) is 0. The van der Waals surface area contributed by atoms with Crippen LogP contribution in [0.1, 0.15) is 0 Å². The molecule has 2 nitrogen and oxygen atoms in total. The van der Waals surface area contributed by atoms with Gasteiger partial charge < -0.3 is 9.47 Å². The van der Waals surface area contributed by atoms with Crippen molar-refractivity contribution >= 4 is 15.9 Å². The molecule has 0 spiro atoms. The number of hydrogen-bond acceptors (Lipinski definition) is 2. The number of rotatable bonds is 3. The second kappa shape index (κ2) is 4.36. The third-order valence-corrected chi connectivity index (χ3v) is 1.76. The van der Waals surface area contributed by atoms with E-state index in [2.05, 4.69) is 22.0 Å². The molecular weight excluding hydrogens is 208 g/mol. The molecule has 0 amide bonds. The lowest BCUT2D eigenvalue weighted by Crippen LogP contribution is -1.98. The van der Waals surface area contributed by atoms with E-state index in [1.54, 1.807) is 13.2 Å². The average molecular weight is 216 g/mol. The molecule has 1 rings (SSSR count). The fourth-order valence-corrected chi connectivity index (χ4v) is 0.990. The first kappa shape index (κ1) is 8.56. The summed E-state index contributed by atoms with van der Waals surface area (Å²) < 4.78 is 10.8. The first-order valence-electron chi connectivity index (χ1n) is 3.12. The highest BCUT2D eigenvalue weighted by molar-refractivity contribution is 9.10. The highest BCUT2D eigenvalue weighted by atomic mass is 79.9. The van der Waals surface area contributed by atoms with E-state index in [9.17, 15) is 0 Å². The third-order valence-electron chi connectivity index (χ3n) is 1.11. The zero-order valence-electron chi connectivity index (χ0n) is 6.13. The summed E-state index contributed by atoms with van der Waals surface area (Å²) in [6.07, 6.45) is 0. The lowest BCUT2D eigenvalue weighted by molar-refractivity contribution is 0.0506. The van der Waals surface area contributed by atoms with Crippen molar-refractivity contribution in [2.45, 2.75) is 0 Å². The van der Waals surface area contributed by atoms with Crippen molar-refractivity contribution in [3.8, 4) is 5.75 Å². The summed E-state index contributed by atoms with van der Waals surface area (Å²) in [5, 5.41) is 0. The van der Waals surface area contributed by atoms with Gasteiger partial charge in [-0.25, -0.2) is 0 Å². The van der Waals surface area contributed by atoms with Crippen LogP contribution in [0, 0.1) is 6.07 Å². The smallest absolute Gasteiger partial charge is 0.188 e. The van der Waals surface area contributed by atoms with Gasteiger partial charge in [0.2, 0.25) is 0 Å². The minimum atomic E-state index is 0.260. The third kappa shape index (κ3) is 2.52. The molecule has 0 saturated heterocycles. The fraction of sp³-hybridized carbons (Fsp3) is 0.250. The van der Waals surface area contributed by atoms with Crippen molar-refractivity contribution in [1.29, 1.82) is 0 Å². The minimum absolute atomic E-state index is 0.260. The predicted octanol–water partition coefficient (Wildman–Crippen LogP) is 2.23. The monoisotopic (exact) mass is 215 g/mol. The molecule has 1 aromatic rings. The van der Waals surface area contributed by atoms with Crippen LogP contribution in [-0.2, 0) is 4.74 Å². The van der Waals surface area contributed by atoms with Gasteiger partial charge in [0.25, 0.3) is 0 Å². The summed E-state index contributed by atoms with van der Waals surface area (Å²) in [7, 11) is 1.58. The van der Waals surface area contributed by atoms with Crippen molar-refractivity contribution in [3.63, 3.8) is 0 Å². The number of halogens is 1. The van der Waals surface area contributed by atoms with E-state index in [1.165, 1.54) is 0 Å². The molecule has 3 heteroatoms. The molecule has 1 radical (unpaired) electrons. The normalized spacial score (nSPS) is 9.64. The summed E-state index contributed by atoms with van der Waals surface area (Å²) in [6, 6.07) is 8.33. The van der Waals surface area contributed by atoms with E-state index in [0.29, 0.717) is 0 Å². The molecule has 0 unspecified atom stereocenters. The van der Waals surface area contributed by atoms with Crippen molar-refractivity contribution in [3.05, 3.63) is 28.7 Å². The van der Waals surface area contributed by atoms with Gasteiger partial charge >= 0.3 is 0 Å². The van der Waals surface area contributed by atoms with Crippen molar-refractivity contribution in [2.24, 2.45) is 0 Å². The van der Waals surface area contributed by atoms with Crippen molar-refractivity contribution < 1.29 is 9.47 Å². The predicted molar refractivity (Wildman–Crippen MR) is 45.5 cm³/mol. The lowest BCUT2D eigenvalue weighted by atomic mass is 10.3. The molecule has 0 heterocycles. The van der Waals surface area contributed by atoms with Gasteiger partial charge in [-0.05, 0) is 34.1 Å². The fourth-order valence-electron chi connectivity index (χ4n) is 0.629. The molecule has 0 aromatic heterocycles. The Labute approximate surface area is 74.3 Å². The van der Waals surface area contributed by atoms with Crippen LogP contribution in [0.2, 0.25) is 0 Å². The van der Waals surface area contributed by atoms with Gasteiger partial charge in [0, 0.05) is 7.11 Å². The zero-order chi connectivity index (χ0) is 8.10. The van der Waals surface area contributed by atoms with Gasteiger partial charge in [0.15, 0.2) is 6.79 Å². The maximum absolute atomic E-state index is 5.19. The van der Waals surface area contributed by atoms with Crippen LogP contribution in [0.25, 0.3) is 0 Å². The number of hydrogen-bond donors (Lipinski definition) is 0. The minimum Gasteiger partial charge on any atom is -0.466 e. The highest BCUT2D eigenvalue weighted by Crippen LogP contribution is 2.23. The van der Waals surface area contributed by atoms with Crippen LogP contribution in [0.4, 0.5) is 0 Å². The Hall–Kier alpha value is -0.540. The zero-order valence-corrected chi connectivity index (χ0v) is 7.72. The van der Waals surface area contributed by atoms with E-state index >= 15 is 0 Å². The molecule has 1 aromatic carbocycles. The topological polar surface area (TPSA) is 18.5 Å². The van der Waals surface area contributed by atoms with Crippen LogP contribution < -0.4 is 4.74 Å². The van der Waals surface area contributed by atoms with E-state index in [0.717, 1.165) is 10.2 Å². The Kier molecular flexibility index (Phi) is 3.39. The summed E-state index contributed by atoms with van der Waals surface area (Å²) in [4.78, 5) is 0. The van der Waals surface area contributed by atoms with Gasteiger partial charge in [-0.1, -0.05) is 6.07 Å². The van der Waals surface area contributed by atoms with Gasteiger partial charge in [-0.15, -0.1) is 0 Å². The molecule has 59 valence electrons. The number of methoxy groups -OCH3 is 1. The van der Waals surface area contributed by atoms with Crippen molar-refractivity contribution in [2.75, 3.05) is 13.9 Å². The van der Waals surface area contributed by atoms with Crippen LogP contribution in [0.5, 0.6) is 5.75 Å². The van der Waals surface area contributed by atoms with Crippen LogP contribution in [-0.4, -0.2) is 13.9 Å². The molecule has 0 aliphatic carbocycles. The quantitative estimate of drug-likeness (QED) is 0.721. The van der Waals surface area contributed by atoms with E-state index in [4.69, 9.17) is 9.47 Å². The molecule has 0 saturated carbocycles. The SMILES string of the molecule is COCOc1c[c]ccc1Br. The van der Waals surface area contributed by atoms with E-state index in [1.807, 2.05) is 12.1 Å². The maximum Gasteiger partial charge on any atom is 0.188 e. The summed E-state index contributed by atoms with van der Waals surface area (Å²) in [5.74, 6) is 0.745. The number of benzene rings is 1. The second-order valence-electron chi connectivity index (χ2n) is 1.91. The number of ether oxygens (including phenoxy) is 2. The molecule has 0 atom stereocenters. The van der Waals surface area contributed by atoms with E-state index in [-0.39, 0.29) is 6.79 Å². The summed E-state index contributed by atoms with van der Waals surface area (Å²) >= 11 is 3.33. The van der Waals surface area contributed by atoms with Gasteiger partial charge in [-0.2, -0.15) is 0 Å². The highest BCUT2D eigenvalue weighted by Gasteiger charge is 1.96. The largest absolute Gasteiger partial charge is 0.466 e. The van der Waals surface area contributed by atoms with E-state index < -0.39 is 0 Å². The first-order valence-corrected chi connectivity index (χ1v) is 3.91. The van der Waals surface area contributed by atoms with Crippen LogP contribution in [0.3, 0.4) is 0 Å². The lowest BCUT2D eigenvalue weighted by Gasteiger charge is -2.04. The van der Waals surface area contributed by atoms with Crippen LogP contribution >= 0.6 is 15.9 Å². The summed E-state index contributed by atoms with van der Waals surface area (Å²) in [6.45, 7) is 0.260. The average Bonchev–Trinajstić information content (AvgIpc) is 2.03. The Morgan fingerprint density at radius 3 is 3.09 bits per heavy atom.